The van der Waals surface area contributed by atoms with Crippen LogP contribution in [0, 0.1) is 27.9 Å². The number of anilines is 1. The number of allylic oxidation sites excluding steroid dienone is 2. The molecule has 0 saturated heterocycles. The lowest BCUT2D eigenvalue weighted by Crippen LogP contribution is -2.15. The fraction of sp³-hybridized carbons (Fsp3) is 0.438. The van der Waals surface area contributed by atoms with Crippen molar-refractivity contribution in [1.82, 2.24) is 0 Å². The van der Waals surface area contributed by atoms with Crippen LogP contribution in [-0.4, -0.2) is 10.8 Å². The third kappa shape index (κ3) is 2.96. The van der Waals surface area contributed by atoms with Crippen molar-refractivity contribution in [3.8, 4) is 0 Å². The summed E-state index contributed by atoms with van der Waals surface area (Å²) in [6, 6.07) is 6.09. The number of non-ortho nitro benzene ring substituents is 1. The number of nitro benzene ring substituents is 1. The number of hydrogen-bond donors (Lipinski definition) is 1. The highest BCUT2D eigenvalue weighted by molar-refractivity contribution is 5.95. The molecule has 110 valence electrons. The number of hydrogen-bond acceptors (Lipinski definition) is 3. The number of nitro groups is 1. The van der Waals surface area contributed by atoms with Crippen molar-refractivity contribution in [3.05, 3.63) is 46.5 Å². The van der Waals surface area contributed by atoms with E-state index in [0.717, 1.165) is 12.8 Å². The van der Waals surface area contributed by atoms with E-state index >= 15 is 0 Å². The number of rotatable bonds is 3. The maximum atomic E-state index is 12.3. The minimum Gasteiger partial charge on any atom is -0.326 e. The third-order valence-electron chi connectivity index (χ3n) is 4.37. The molecule has 1 aromatic rings. The molecule has 1 fully saturated rings. The summed E-state index contributed by atoms with van der Waals surface area (Å²) in [6.07, 6.45) is 8.91. The Morgan fingerprint density at radius 3 is 3.00 bits per heavy atom. The van der Waals surface area contributed by atoms with E-state index in [1.807, 2.05) is 0 Å². The molecule has 0 aliphatic heterocycles. The van der Waals surface area contributed by atoms with Gasteiger partial charge in [0, 0.05) is 23.7 Å². The quantitative estimate of drug-likeness (QED) is 0.525. The fourth-order valence-electron chi connectivity index (χ4n) is 3.22. The largest absolute Gasteiger partial charge is 0.326 e. The van der Waals surface area contributed by atoms with Crippen molar-refractivity contribution in [2.24, 2.45) is 17.8 Å². The highest BCUT2D eigenvalue weighted by atomic mass is 16.6. The number of fused-ring (bicyclic) bond motifs is 1. The van der Waals surface area contributed by atoms with Crippen LogP contribution in [0.4, 0.5) is 11.4 Å². The van der Waals surface area contributed by atoms with Gasteiger partial charge in [-0.3, -0.25) is 14.9 Å². The zero-order valence-electron chi connectivity index (χ0n) is 11.7. The summed E-state index contributed by atoms with van der Waals surface area (Å²) in [6.45, 7) is 0. The Hall–Kier alpha value is -2.17. The molecule has 0 radical (unpaired) electrons. The highest BCUT2D eigenvalue weighted by Crippen LogP contribution is 2.51. The molecule has 5 nitrogen and oxygen atoms in total. The van der Waals surface area contributed by atoms with Gasteiger partial charge in [-0.1, -0.05) is 24.6 Å². The van der Waals surface area contributed by atoms with Crippen molar-refractivity contribution in [2.45, 2.75) is 25.7 Å². The second-order valence-corrected chi connectivity index (χ2v) is 5.78. The van der Waals surface area contributed by atoms with Crippen LogP contribution in [0.2, 0.25) is 0 Å². The van der Waals surface area contributed by atoms with Gasteiger partial charge in [-0.25, -0.2) is 0 Å². The lowest BCUT2D eigenvalue weighted by molar-refractivity contribution is -0.384. The molecule has 0 aromatic heterocycles. The van der Waals surface area contributed by atoms with Gasteiger partial charge in [0.2, 0.25) is 5.91 Å². The minimum absolute atomic E-state index is 0.00508. The number of nitrogens with zero attached hydrogens (tertiary/aromatic N) is 1. The first-order valence-electron chi connectivity index (χ1n) is 7.39. The topological polar surface area (TPSA) is 72.2 Å². The molecule has 1 saturated carbocycles. The van der Waals surface area contributed by atoms with Gasteiger partial charge in [0.15, 0.2) is 0 Å². The molecule has 0 unspecified atom stereocenters. The molecular weight excluding hydrogens is 268 g/mol. The minimum atomic E-state index is -0.455. The molecule has 0 heterocycles. The number of carbonyl (C=O) groups excluding carboxylic acids is 1. The fourth-order valence-corrected chi connectivity index (χ4v) is 3.22. The van der Waals surface area contributed by atoms with E-state index in [1.165, 1.54) is 25.0 Å². The summed E-state index contributed by atoms with van der Waals surface area (Å²) in [7, 11) is 0. The van der Waals surface area contributed by atoms with Crippen LogP contribution in [-0.2, 0) is 4.79 Å². The summed E-state index contributed by atoms with van der Waals surface area (Å²) >= 11 is 0. The van der Waals surface area contributed by atoms with Crippen molar-refractivity contribution in [2.75, 3.05) is 5.32 Å². The zero-order chi connectivity index (χ0) is 14.8. The molecule has 21 heavy (non-hydrogen) atoms. The van der Waals surface area contributed by atoms with Crippen LogP contribution in [0.5, 0.6) is 0 Å². The van der Waals surface area contributed by atoms with E-state index < -0.39 is 4.92 Å². The number of carbonyl (C=O) groups is 1. The van der Waals surface area contributed by atoms with Gasteiger partial charge in [0.25, 0.3) is 5.69 Å². The standard InChI is InChI=1S/C16H18N2O3/c19-16(15-13-8-3-1-2-4-9-14(13)15)17-11-6-5-7-12(10-11)18(20)21/h3,5-8,10,13-15H,1-2,4,9H2,(H,17,19)/t13-,14+,15-/m0/s1. The van der Waals surface area contributed by atoms with Gasteiger partial charge < -0.3 is 5.32 Å². The number of nitrogens with one attached hydrogen (secondary N) is 1. The van der Waals surface area contributed by atoms with Gasteiger partial charge in [0.05, 0.1) is 4.92 Å². The molecule has 0 spiro atoms. The first kappa shape index (κ1) is 13.8. The first-order chi connectivity index (χ1) is 10.2. The molecule has 1 N–H and O–H groups in total. The van der Waals surface area contributed by atoms with E-state index in [9.17, 15) is 14.9 Å². The highest BCUT2D eigenvalue weighted by Gasteiger charge is 2.52. The lowest BCUT2D eigenvalue weighted by Gasteiger charge is -2.04. The van der Waals surface area contributed by atoms with Gasteiger partial charge in [0.1, 0.15) is 0 Å². The molecule has 2 aliphatic rings. The Bertz CT molecular complexity index is 597. The maximum Gasteiger partial charge on any atom is 0.271 e. The molecule has 3 rings (SSSR count). The Balaban J connectivity index is 1.67. The molecule has 0 bridgehead atoms. The monoisotopic (exact) mass is 286 g/mol. The van der Waals surface area contributed by atoms with Crippen LogP contribution in [0.15, 0.2) is 36.4 Å². The average molecular weight is 286 g/mol. The predicted molar refractivity (Wildman–Crippen MR) is 79.8 cm³/mol. The van der Waals surface area contributed by atoms with Gasteiger partial charge in [-0.2, -0.15) is 0 Å². The molecule has 1 amide bonds. The van der Waals surface area contributed by atoms with Crippen LogP contribution in [0.3, 0.4) is 0 Å². The molecule has 5 heteroatoms. The number of benzene rings is 1. The smallest absolute Gasteiger partial charge is 0.271 e. The summed E-state index contributed by atoms with van der Waals surface area (Å²) in [5.41, 5.74) is 0.493. The lowest BCUT2D eigenvalue weighted by atomic mass is 10.1. The summed E-state index contributed by atoms with van der Waals surface area (Å²) in [5, 5.41) is 13.6. The summed E-state index contributed by atoms with van der Waals surface area (Å²) in [4.78, 5) is 22.6. The Kier molecular flexibility index (Phi) is 3.73. The van der Waals surface area contributed by atoms with Crippen LogP contribution in [0.1, 0.15) is 25.7 Å². The molecular formula is C16H18N2O3. The molecule has 3 atom stereocenters. The first-order valence-corrected chi connectivity index (χ1v) is 7.39. The summed E-state index contributed by atoms with van der Waals surface area (Å²) < 4.78 is 0. The van der Waals surface area contributed by atoms with E-state index in [4.69, 9.17) is 0 Å². The Labute approximate surface area is 123 Å². The van der Waals surface area contributed by atoms with Crippen LogP contribution in [0.25, 0.3) is 0 Å². The predicted octanol–water partition coefficient (Wildman–Crippen LogP) is 3.53. The Morgan fingerprint density at radius 1 is 1.33 bits per heavy atom. The van der Waals surface area contributed by atoms with E-state index in [-0.39, 0.29) is 17.5 Å². The van der Waals surface area contributed by atoms with Crippen molar-refractivity contribution >= 4 is 17.3 Å². The maximum absolute atomic E-state index is 12.3. The number of amides is 1. The second-order valence-electron chi connectivity index (χ2n) is 5.78. The SMILES string of the molecule is O=C(Nc1cccc([N+](=O)[O-])c1)[C@H]1[C@H]2C=CCCCC[C@H]21. The van der Waals surface area contributed by atoms with Gasteiger partial charge >= 0.3 is 0 Å². The van der Waals surface area contributed by atoms with Crippen molar-refractivity contribution in [1.29, 1.82) is 0 Å². The van der Waals surface area contributed by atoms with Gasteiger partial charge in [-0.05, 0) is 37.2 Å². The van der Waals surface area contributed by atoms with E-state index in [0.29, 0.717) is 17.5 Å². The van der Waals surface area contributed by atoms with Crippen LogP contribution < -0.4 is 5.32 Å². The third-order valence-corrected chi connectivity index (χ3v) is 4.37. The second kappa shape index (κ2) is 5.68. The van der Waals surface area contributed by atoms with E-state index in [2.05, 4.69) is 17.5 Å². The van der Waals surface area contributed by atoms with Crippen molar-refractivity contribution in [3.63, 3.8) is 0 Å². The Morgan fingerprint density at radius 2 is 2.19 bits per heavy atom. The summed E-state index contributed by atoms with van der Waals surface area (Å²) in [5.74, 6) is 0.805. The van der Waals surface area contributed by atoms with Crippen LogP contribution >= 0.6 is 0 Å². The molecule has 2 aliphatic carbocycles. The normalized spacial score (nSPS) is 27.1. The van der Waals surface area contributed by atoms with E-state index in [1.54, 1.807) is 12.1 Å². The van der Waals surface area contributed by atoms with Gasteiger partial charge in [-0.15, -0.1) is 0 Å². The molecule has 1 aromatic carbocycles. The zero-order valence-corrected chi connectivity index (χ0v) is 11.7. The van der Waals surface area contributed by atoms with Crippen molar-refractivity contribution < 1.29 is 9.72 Å². The average Bonchev–Trinajstić information content (AvgIpc) is 3.10.